The van der Waals surface area contributed by atoms with Gasteiger partial charge >= 0.3 is 15.5 Å². The Morgan fingerprint density at radius 2 is 1.88 bits per heavy atom. The number of carbonyl (C=O) groups excluding carboxylic acids is 1. The third-order valence-electron chi connectivity index (χ3n) is 4.15. The number of Topliss-reactive ketones (excluding diaryl/α,β-unsaturated/α-hetero) is 1. The number of sulfonamides is 1. The molecule has 140 valence electrons. The molecule has 0 aromatic heterocycles. The van der Waals surface area contributed by atoms with Crippen LogP contribution in [0.15, 0.2) is 18.2 Å². The van der Waals surface area contributed by atoms with Crippen molar-refractivity contribution in [2.75, 3.05) is 25.0 Å². The lowest BCUT2D eigenvalue weighted by Gasteiger charge is -2.31. The largest absolute Gasteiger partial charge is 0.511 e. The summed E-state index contributed by atoms with van der Waals surface area (Å²) in [6.45, 7) is 1.10. The second-order valence-electron chi connectivity index (χ2n) is 5.89. The molecule has 1 heterocycles. The van der Waals surface area contributed by atoms with E-state index >= 15 is 0 Å². The Bertz CT molecular complexity index is 742. The summed E-state index contributed by atoms with van der Waals surface area (Å²) in [5, 5.41) is 2.94. The van der Waals surface area contributed by atoms with E-state index in [1.54, 1.807) is 6.07 Å². The number of hydrogen-bond acceptors (Lipinski definition) is 4. The first-order valence-electron chi connectivity index (χ1n) is 7.63. The number of benzene rings is 1. The average Bonchev–Trinajstić information content (AvgIpc) is 2.51. The summed E-state index contributed by atoms with van der Waals surface area (Å²) in [6, 6.07) is 4.16. The summed E-state index contributed by atoms with van der Waals surface area (Å²) in [5.74, 6) is -1.17. The average molecular weight is 382 g/mol. The molecule has 5 nitrogen and oxygen atoms in total. The van der Waals surface area contributed by atoms with E-state index in [-0.39, 0.29) is 37.4 Å². The van der Waals surface area contributed by atoms with Gasteiger partial charge in [-0.25, -0.2) is 12.8 Å². The molecule has 0 unspecified atom stereocenters. The number of halogens is 4. The van der Waals surface area contributed by atoms with E-state index in [1.165, 1.54) is 19.1 Å². The Balaban J connectivity index is 1.96. The second kappa shape index (κ2) is 7.28. The van der Waals surface area contributed by atoms with Gasteiger partial charge in [-0.05, 0) is 37.8 Å². The van der Waals surface area contributed by atoms with Gasteiger partial charge in [0.25, 0.3) is 0 Å². The van der Waals surface area contributed by atoms with E-state index in [9.17, 15) is 30.8 Å². The summed E-state index contributed by atoms with van der Waals surface area (Å²) in [4.78, 5) is 11.5. The van der Waals surface area contributed by atoms with Gasteiger partial charge in [-0.15, -0.1) is 0 Å². The van der Waals surface area contributed by atoms with Crippen molar-refractivity contribution in [1.82, 2.24) is 4.31 Å². The van der Waals surface area contributed by atoms with Gasteiger partial charge in [-0.1, -0.05) is 6.07 Å². The van der Waals surface area contributed by atoms with Crippen molar-refractivity contribution in [3.8, 4) is 0 Å². The van der Waals surface area contributed by atoms with Crippen LogP contribution in [0.3, 0.4) is 0 Å². The summed E-state index contributed by atoms with van der Waals surface area (Å²) in [7, 11) is -5.29. The van der Waals surface area contributed by atoms with E-state index in [2.05, 4.69) is 5.32 Å². The molecule has 2 rings (SSSR count). The fraction of sp³-hybridized carbons (Fsp3) is 0.533. The number of hydrogen-bond donors (Lipinski definition) is 1. The number of rotatable bonds is 5. The molecule has 0 bridgehead atoms. The van der Waals surface area contributed by atoms with Crippen LogP contribution in [0.1, 0.15) is 30.1 Å². The SMILES string of the molecule is CC(=O)c1c(F)cccc1NCC1CCN(S(=O)(=O)C(F)(F)F)CC1. The summed E-state index contributed by atoms with van der Waals surface area (Å²) < 4.78 is 74.5. The number of anilines is 1. The first-order valence-corrected chi connectivity index (χ1v) is 9.07. The zero-order valence-corrected chi connectivity index (χ0v) is 14.3. The minimum absolute atomic E-state index is 0.0698. The Labute approximate surface area is 143 Å². The van der Waals surface area contributed by atoms with E-state index in [4.69, 9.17) is 0 Å². The van der Waals surface area contributed by atoms with Crippen molar-refractivity contribution in [3.05, 3.63) is 29.6 Å². The summed E-state index contributed by atoms with van der Waals surface area (Å²) in [5.41, 5.74) is -5.05. The highest BCUT2D eigenvalue weighted by molar-refractivity contribution is 7.90. The van der Waals surface area contributed by atoms with Crippen molar-refractivity contribution >= 4 is 21.5 Å². The van der Waals surface area contributed by atoms with Crippen LogP contribution >= 0.6 is 0 Å². The number of carbonyl (C=O) groups is 1. The van der Waals surface area contributed by atoms with E-state index in [0.717, 1.165) is 0 Å². The molecule has 0 spiro atoms. The Kier molecular flexibility index (Phi) is 5.72. The Hall–Kier alpha value is -1.68. The highest BCUT2D eigenvalue weighted by Crippen LogP contribution is 2.30. The molecule has 1 aliphatic rings. The maximum atomic E-state index is 13.7. The van der Waals surface area contributed by atoms with Crippen LogP contribution in [-0.4, -0.2) is 43.6 Å². The van der Waals surface area contributed by atoms with Gasteiger partial charge in [-0.2, -0.15) is 17.5 Å². The Morgan fingerprint density at radius 3 is 2.40 bits per heavy atom. The summed E-state index contributed by atoms with van der Waals surface area (Å²) in [6.07, 6.45) is 0.486. The summed E-state index contributed by atoms with van der Waals surface area (Å²) >= 11 is 0. The molecule has 1 aliphatic heterocycles. The molecule has 0 amide bonds. The molecular formula is C15H18F4N2O3S. The molecule has 0 atom stereocenters. The van der Waals surface area contributed by atoms with Gasteiger partial charge in [0.05, 0.1) is 5.56 Å². The normalized spacial score (nSPS) is 17.5. The molecule has 25 heavy (non-hydrogen) atoms. The lowest BCUT2D eigenvalue weighted by atomic mass is 9.97. The monoisotopic (exact) mass is 382 g/mol. The number of alkyl halides is 3. The molecule has 10 heteroatoms. The van der Waals surface area contributed by atoms with Crippen LogP contribution in [0.4, 0.5) is 23.2 Å². The van der Waals surface area contributed by atoms with Crippen LogP contribution in [0, 0.1) is 11.7 Å². The van der Waals surface area contributed by atoms with Crippen LogP contribution in [-0.2, 0) is 10.0 Å². The molecule has 0 aliphatic carbocycles. The zero-order valence-electron chi connectivity index (χ0n) is 13.4. The highest BCUT2D eigenvalue weighted by atomic mass is 32.2. The van der Waals surface area contributed by atoms with E-state index in [0.29, 0.717) is 16.5 Å². The molecule has 0 saturated carbocycles. The van der Waals surface area contributed by atoms with Gasteiger partial charge in [0.1, 0.15) is 5.82 Å². The van der Waals surface area contributed by atoms with Crippen molar-refractivity contribution < 1.29 is 30.8 Å². The molecule has 1 N–H and O–H groups in total. The fourth-order valence-electron chi connectivity index (χ4n) is 2.78. The van der Waals surface area contributed by atoms with Crippen molar-refractivity contribution in [3.63, 3.8) is 0 Å². The second-order valence-corrected chi connectivity index (χ2v) is 7.82. The number of piperidine rings is 1. The number of nitrogens with zero attached hydrogens (tertiary/aromatic N) is 1. The van der Waals surface area contributed by atoms with Gasteiger partial charge in [0.15, 0.2) is 5.78 Å². The van der Waals surface area contributed by atoms with Crippen LogP contribution < -0.4 is 5.32 Å². The minimum Gasteiger partial charge on any atom is -0.384 e. The predicted molar refractivity (Wildman–Crippen MR) is 84.2 cm³/mol. The van der Waals surface area contributed by atoms with Crippen LogP contribution in [0.5, 0.6) is 0 Å². The van der Waals surface area contributed by atoms with Crippen LogP contribution in [0.2, 0.25) is 0 Å². The highest BCUT2D eigenvalue weighted by Gasteiger charge is 2.50. The fourth-order valence-corrected chi connectivity index (χ4v) is 3.77. The minimum atomic E-state index is -5.30. The maximum absolute atomic E-state index is 13.7. The first kappa shape index (κ1) is 19.6. The van der Waals surface area contributed by atoms with Gasteiger partial charge in [-0.3, -0.25) is 4.79 Å². The molecule has 1 saturated heterocycles. The maximum Gasteiger partial charge on any atom is 0.511 e. The smallest absolute Gasteiger partial charge is 0.384 e. The molecule has 1 aromatic carbocycles. The molecular weight excluding hydrogens is 364 g/mol. The van der Waals surface area contributed by atoms with E-state index in [1.807, 2.05) is 0 Å². The lowest BCUT2D eigenvalue weighted by molar-refractivity contribution is -0.0496. The van der Waals surface area contributed by atoms with Crippen LogP contribution in [0.25, 0.3) is 0 Å². The third-order valence-corrected chi connectivity index (χ3v) is 5.78. The molecule has 1 aromatic rings. The zero-order chi connectivity index (χ0) is 18.8. The van der Waals surface area contributed by atoms with Crippen molar-refractivity contribution in [1.29, 1.82) is 0 Å². The quantitative estimate of drug-likeness (QED) is 0.628. The number of nitrogens with one attached hydrogen (secondary N) is 1. The lowest BCUT2D eigenvalue weighted by Crippen LogP contribution is -2.45. The standard InChI is InChI=1S/C15H18F4N2O3S/c1-10(22)14-12(16)3-2-4-13(14)20-9-11-5-7-21(8-6-11)25(23,24)15(17,18)19/h2-4,11,20H,5-9H2,1H3. The van der Waals surface area contributed by atoms with Crippen molar-refractivity contribution in [2.45, 2.75) is 25.3 Å². The molecule has 0 radical (unpaired) electrons. The number of ketones is 1. The topological polar surface area (TPSA) is 66.5 Å². The van der Waals surface area contributed by atoms with Gasteiger partial charge < -0.3 is 5.32 Å². The van der Waals surface area contributed by atoms with Crippen molar-refractivity contribution in [2.24, 2.45) is 5.92 Å². The van der Waals surface area contributed by atoms with Gasteiger partial charge in [0, 0.05) is 25.3 Å². The molecule has 1 fully saturated rings. The Morgan fingerprint density at radius 1 is 1.28 bits per heavy atom. The third kappa shape index (κ3) is 4.30. The first-order chi connectivity index (χ1) is 11.5. The predicted octanol–water partition coefficient (Wildman–Crippen LogP) is 3.00. The van der Waals surface area contributed by atoms with E-state index < -0.39 is 27.1 Å². The van der Waals surface area contributed by atoms with Gasteiger partial charge in [0.2, 0.25) is 0 Å².